The van der Waals surface area contributed by atoms with Gasteiger partial charge in [-0.2, -0.15) is 13.2 Å². The monoisotopic (exact) mass is 441 g/mol. The van der Waals surface area contributed by atoms with Gasteiger partial charge in [-0.25, -0.2) is 4.98 Å². The highest BCUT2D eigenvalue weighted by atomic mass is 35.5. The zero-order valence-corrected chi connectivity index (χ0v) is 16.3. The van der Waals surface area contributed by atoms with Crippen molar-refractivity contribution in [2.45, 2.75) is 12.6 Å². The minimum atomic E-state index is -4.72. The van der Waals surface area contributed by atoms with Crippen molar-refractivity contribution < 1.29 is 31.9 Å². The van der Waals surface area contributed by atoms with Crippen LogP contribution >= 0.6 is 11.6 Å². The molecule has 30 heavy (non-hydrogen) atoms. The van der Waals surface area contributed by atoms with Crippen molar-refractivity contribution in [3.63, 3.8) is 0 Å². The predicted molar refractivity (Wildman–Crippen MR) is 98.9 cm³/mol. The summed E-state index contributed by atoms with van der Waals surface area (Å²) >= 11 is 6.28. The van der Waals surface area contributed by atoms with Crippen LogP contribution in [0, 0.1) is 5.92 Å². The number of esters is 1. The van der Waals surface area contributed by atoms with Crippen molar-refractivity contribution in [1.82, 2.24) is 14.3 Å². The van der Waals surface area contributed by atoms with Gasteiger partial charge in [-0.05, 0) is 18.6 Å². The number of carbonyl (C=O) groups excluding carboxylic acids is 2. The smallest absolute Gasteiger partial charge is 0.420 e. The fourth-order valence-corrected chi connectivity index (χ4v) is 3.75. The van der Waals surface area contributed by atoms with E-state index in [0.29, 0.717) is 12.0 Å². The number of hydrogen-bond donors (Lipinski definition) is 0. The number of pyridine rings is 1. The molecule has 7 nitrogen and oxygen atoms in total. The molecule has 1 fully saturated rings. The van der Waals surface area contributed by atoms with Crippen molar-refractivity contribution >= 4 is 29.1 Å². The number of aromatic nitrogens is 2. The molecule has 158 valence electrons. The fourth-order valence-electron chi connectivity index (χ4n) is 3.50. The second-order valence-electron chi connectivity index (χ2n) is 6.86. The maximum absolute atomic E-state index is 13.7. The molecule has 1 aliphatic heterocycles. The predicted octanol–water partition coefficient (Wildman–Crippen LogP) is 3.90. The zero-order valence-electron chi connectivity index (χ0n) is 15.6. The summed E-state index contributed by atoms with van der Waals surface area (Å²) in [5.74, 6) is -1.59. The summed E-state index contributed by atoms with van der Waals surface area (Å²) in [5.41, 5.74) is -1.20. The van der Waals surface area contributed by atoms with E-state index in [0.717, 1.165) is 10.5 Å². The average Bonchev–Trinajstić information content (AvgIpc) is 3.46. The zero-order chi connectivity index (χ0) is 21.6. The Hall–Kier alpha value is -3.01. The van der Waals surface area contributed by atoms with E-state index in [1.165, 1.54) is 36.8 Å². The summed E-state index contributed by atoms with van der Waals surface area (Å²) in [6, 6.07) is 2.44. The summed E-state index contributed by atoms with van der Waals surface area (Å²) in [4.78, 5) is 29.8. The minimum absolute atomic E-state index is 0.0854. The van der Waals surface area contributed by atoms with Gasteiger partial charge in [-0.3, -0.25) is 14.0 Å². The maximum atomic E-state index is 13.7. The second kappa shape index (κ2) is 7.35. The van der Waals surface area contributed by atoms with Crippen LogP contribution in [-0.4, -0.2) is 46.4 Å². The van der Waals surface area contributed by atoms with Gasteiger partial charge in [0.15, 0.2) is 11.3 Å². The molecular formula is C19H15ClF3N3O4. The van der Waals surface area contributed by atoms with Crippen LogP contribution in [0.25, 0.3) is 16.8 Å². The van der Waals surface area contributed by atoms with Crippen LogP contribution < -0.4 is 0 Å². The first-order valence-electron chi connectivity index (χ1n) is 8.89. The van der Waals surface area contributed by atoms with Crippen molar-refractivity contribution in [2.75, 3.05) is 20.2 Å². The van der Waals surface area contributed by atoms with E-state index < -0.39 is 35.2 Å². The molecule has 0 aromatic carbocycles. The SMILES string of the molecule is COC(=O)C1CCN(C(=O)c2nc3c(C(F)(F)F)cc(-c4ccoc4)cn3c2Cl)C1. The van der Waals surface area contributed by atoms with Gasteiger partial charge in [0, 0.05) is 30.4 Å². The number of amides is 1. The van der Waals surface area contributed by atoms with Crippen molar-refractivity contribution in [3.05, 3.63) is 47.3 Å². The maximum Gasteiger partial charge on any atom is 0.420 e. The van der Waals surface area contributed by atoms with Crippen molar-refractivity contribution in [3.8, 4) is 11.1 Å². The number of hydrogen-bond acceptors (Lipinski definition) is 5. The number of rotatable bonds is 3. The van der Waals surface area contributed by atoms with Crippen LogP contribution in [0.3, 0.4) is 0 Å². The highest BCUT2D eigenvalue weighted by Crippen LogP contribution is 2.37. The van der Waals surface area contributed by atoms with Gasteiger partial charge in [0.1, 0.15) is 5.15 Å². The molecule has 3 aromatic rings. The molecule has 1 amide bonds. The Morgan fingerprint density at radius 3 is 2.73 bits per heavy atom. The molecule has 1 aliphatic rings. The number of methoxy groups -OCH3 is 1. The molecule has 3 aromatic heterocycles. The molecule has 1 atom stereocenters. The topological polar surface area (TPSA) is 77.0 Å². The third kappa shape index (κ3) is 3.41. The molecule has 0 spiro atoms. The van der Waals surface area contributed by atoms with Gasteiger partial charge in [0.05, 0.1) is 31.1 Å². The van der Waals surface area contributed by atoms with E-state index >= 15 is 0 Å². The van der Waals surface area contributed by atoms with Gasteiger partial charge in [0.2, 0.25) is 0 Å². The number of carbonyl (C=O) groups is 2. The van der Waals surface area contributed by atoms with E-state index in [1.54, 1.807) is 0 Å². The quantitative estimate of drug-likeness (QED) is 0.576. The molecule has 1 saturated heterocycles. The van der Waals surface area contributed by atoms with Crippen molar-refractivity contribution in [1.29, 1.82) is 0 Å². The van der Waals surface area contributed by atoms with E-state index in [4.69, 9.17) is 16.0 Å². The molecule has 11 heteroatoms. The summed E-state index contributed by atoms with van der Waals surface area (Å²) < 4.78 is 51.8. The van der Waals surface area contributed by atoms with Gasteiger partial charge in [0.25, 0.3) is 5.91 Å². The summed E-state index contributed by atoms with van der Waals surface area (Å²) in [6.07, 6.45) is -0.331. The highest BCUT2D eigenvalue weighted by Gasteiger charge is 2.38. The van der Waals surface area contributed by atoms with E-state index in [-0.39, 0.29) is 29.5 Å². The fraction of sp³-hybridized carbons (Fsp3) is 0.316. The normalized spacial score (nSPS) is 17.0. The number of ether oxygens (including phenoxy) is 1. The molecule has 0 bridgehead atoms. The minimum Gasteiger partial charge on any atom is -0.472 e. The third-order valence-corrected chi connectivity index (χ3v) is 5.40. The molecule has 0 radical (unpaired) electrons. The van der Waals surface area contributed by atoms with Crippen LogP contribution in [0.4, 0.5) is 13.2 Å². The molecule has 0 saturated carbocycles. The number of halogens is 4. The lowest BCUT2D eigenvalue weighted by Crippen LogP contribution is -2.30. The first-order valence-corrected chi connectivity index (χ1v) is 9.27. The van der Waals surface area contributed by atoms with Crippen LogP contribution in [0.2, 0.25) is 5.15 Å². The first kappa shape index (κ1) is 20.3. The Morgan fingerprint density at radius 2 is 2.10 bits per heavy atom. The Balaban J connectivity index is 1.78. The van der Waals surface area contributed by atoms with E-state index in [1.807, 2.05) is 0 Å². The number of furan rings is 1. The number of alkyl halides is 3. The Kier molecular flexibility index (Phi) is 4.97. The molecule has 0 aliphatic carbocycles. The Morgan fingerprint density at radius 1 is 1.33 bits per heavy atom. The van der Waals surface area contributed by atoms with Crippen LogP contribution in [0.1, 0.15) is 22.5 Å². The number of nitrogens with zero attached hydrogens (tertiary/aromatic N) is 3. The molecule has 1 unspecified atom stereocenters. The lowest BCUT2D eigenvalue weighted by molar-refractivity contribution is -0.144. The lowest BCUT2D eigenvalue weighted by Gasteiger charge is -2.14. The van der Waals surface area contributed by atoms with E-state index in [2.05, 4.69) is 9.72 Å². The number of likely N-dealkylation sites (tertiary alicyclic amines) is 1. The summed E-state index contributed by atoms with van der Waals surface area (Å²) in [5, 5.41) is -0.243. The average molecular weight is 442 g/mol. The van der Waals surface area contributed by atoms with Gasteiger partial charge in [-0.15, -0.1) is 0 Å². The molecule has 4 heterocycles. The first-order chi connectivity index (χ1) is 14.2. The van der Waals surface area contributed by atoms with Gasteiger partial charge >= 0.3 is 12.1 Å². The van der Waals surface area contributed by atoms with Gasteiger partial charge in [-0.1, -0.05) is 11.6 Å². The molecule has 4 rings (SSSR count). The van der Waals surface area contributed by atoms with Gasteiger partial charge < -0.3 is 14.1 Å². The van der Waals surface area contributed by atoms with Crippen LogP contribution in [0.5, 0.6) is 0 Å². The largest absolute Gasteiger partial charge is 0.472 e. The van der Waals surface area contributed by atoms with Crippen molar-refractivity contribution in [2.24, 2.45) is 5.92 Å². The Labute approximate surface area is 173 Å². The number of fused-ring (bicyclic) bond motifs is 1. The molecule has 0 N–H and O–H groups in total. The second-order valence-corrected chi connectivity index (χ2v) is 7.22. The molecular weight excluding hydrogens is 427 g/mol. The number of imidazole rings is 1. The third-order valence-electron chi connectivity index (χ3n) is 5.03. The summed E-state index contributed by atoms with van der Waals surface area (Å²) in [6.45, 7) is 0.331. The van der Waals surface area contributed by atoms with Crippen LogP contribution in [0.15, 0.2) is 35.3 Å². The van der Waals surface area contributed by atoms with E-state index in [9.17, 15) is 22.8 Å². The Bertz CT molecular complexity index is 1120. The van der Waals surface area contributed by atoms with Crippen LogP contribution in [-0.2, 0) is 15.7 Å². The summed E-state index contributed by atoms with van der Waals surface area (Å²) in [7, 11) is 1.25. The highest BCUT2D eigenvalue weighted by molar-refractivity contribution is 6.33. The lowest BCUT2D eigenvalue weighted by atomic mass is 10.1. The standard InChI is InChI=1S/C19H15ClF3N3O4/c1-29-18(28)10-2-4-25(7-10)17(27)14-15(20)26-8-12(11-3-5-30-9-11)6-13(16(26)24-14)19(21,22)23/h3,5-6,8-10H,2,4,7H2,1H3.